The van der Waals surface area contributed by atoms with E-state index in [0.717, 1.165) is 24.4 Å². The van der Waals surface area contributed by atoms with Gasteiger partial charge in [-0.05, 0) is 7.05 Å². The molecule has 1 aliphatic rings. The van der Waals surface area contributed by atoms with Gasteiger partial charge in [-0.2, -0.15) is 0 Å². The summed E-state index contributed by atoms with van der Waals surface area (Å²) in [5.41, 5.74) is 1.51. The number of hydrogen-bond acceptors (Lipinski definition) is 6. The van der Waals surface area contributed by atoms with E-state index in [4.69, 9.17) is 4.74 Å². The molecule has 0 unspecified atom stereocenters. The highest BCUT2D eigenvalue weighted by atomic mass is 16.5. The van der Waals surface area contributed by atoms with Crippen LogP contribution in [-0.4, -0.2) is 64.2 Å². The van der Waals surface area contributed by atoms with Gasteiger partial charge in [-0.15, -0.1) is 0 Å². The highest BCUT2D eigenvalue weighted by Gasteiger charge is 2.31. The largest absolute Gasteiger partial charge is 0.378 e. The number of likely N-dealkylation sites (N-methyl/N-ethyl adjacent to an activating group) is 1. The van der Waals surface area contributed by atoms with Gasteiger partial charge in [-0.25, -0.2) is 15.0 Å². The summed E-state index contributed by atoms with van der Waals surface area (Å²) in [6.07, 6.45) is 3.31. The fraction of sp³-hybridized carbons (Fsp3) is 0.545. The second-order valence-electron chi connectivity index (χ2n) is 4.57. The van der Waals surface area contributed by atoms with Crippen molar-refractivity contribution in [1.29, 1.82) is 0 Å². The third kappa shape index (κ3) is 1.91. The lowest BCUT2D eigenvalue weighted by atomic mass is 10.2. The number of aromatic nitrogens is 4. The Hall–Kier alpha value is -1.73. The molecule has 1 fully saturated rings. The van der Waals surface area contributed by atoms with E-state index < -0.39 is 0 Å². The topological polar surface area (TPSA) is 79.0 Å². The number of H-pyrrole nitrogens is 1. The number of fused-ring (bicyclic) bond motifs is 1. The number of methoxy groups -OCH3 is 1. The Kier molecular flexibility index (Phi) is 2.85. The molecule has 3 rings (SSSR count). The molecular weight excluding hydrogens is 232 g/mol. The second-order valence-corrected chi connectivity index (χ2v) is 4.57. The van der Waals surface area contributed by atoms with E-state index in [2.05, 4.69) is 37.2 Å². The Balaban J connectivity index is 1.85. The first kappa shape index (κ1) is 11.4. The van der Waals surface area contributed by atoms with Crippen molar-refractivity contribution in [2.24, 2.45) is 0 Å². The van der Waals surface area contributed by atoms with Crippen molar-refractivity contribution in [3.8, 4) is 0 Å². The normalized spacial score (nSPS) is 24.8. The SMILES string of the molecule is CO[C@H]1CN(C)C[C@@H]1Nc1ncnc2nc[nH]c12. The quantitative estimate of drug-likeness (QED) is 0.801. The zero-order valence-corrected chi connectivity index (χ0v) is 10.4. The molecule has 0 amide bonds. The van der Waals surface area contributed by atoms with Gasteiger partial charge in [0.15, 0.2) is 11.5 Å². The molecule has 96 valence electrons. The fourth-order valence-electron chi connectivity index (χ4n) is 2.39. The maximum atomic E-state index is 5.49. The van der Waals surface area contributed by atoms with Crippen molar-refractivity contribution in [3.63, 3.8) is 0 Å². The minimum atomic E-state index is 0.169. The zero-order valence-electron chi connectivity index (χ0n) is 10.4. The first-order valence-corrected chi connectivity index (χ1v) is 5.90. The summed E-state index contributed by atoms with van der Waals surface area (Å²) in [5, 5.41) is 3.41. The highest BCUT2D eigenvalue weighted by molar-refractivity contribution is 5.82. The molecule has 1 saturated heterocycles. The molecule has 0 saturated carbocycles. The average Bonchev–Trinajstić information content (AvgIpc) is 2.96. The van der Waals surface area contributed by atoms with Gasteiger partial charge >= 0.3 is 0 Å². The number of rotatable bonds is 3. The van der Waals surface area contributed by atoms with Gasteiger partial charge in [0.1, 0.15) is 11.8 Å². The maximum absolute atomic E-state index is 5.49. The molecule has 18 heavy (non-hydrogen) atoms. The van der Waals surface area contributed by atoms with Crippen LogP contribution < -0.4 is 5.32 Å². The van der Waals surface area contributed by atoms with Crippen LogP contribution in [0.2, 0.25) is 0 Å². The number of nitrogens with zero attached hydrogens (tertiary/aromatic N) is 4. The van der Waals surface area contributed by atoms with E-state index in [1.807, 2.05) is 0 Å². The van der Waals surface area contributed by atoms with Gasteiger partial charge < -0.3 is 19.9 Å². The van der Waals surface area contributed by atoms with Crippen LogP contribution in [0.1, 0.15) is 0 Å². The van der Waals surface area contributed by atoms with E-state index in [1.165, 1.54) is 6.33 Å². The van der Waals surface area contributed by atoms with Crippen LogP contribution in [0.5, 0.6) is 0 Å². The molecule has 0 radical (unpaired) electrons. The van der Waals surface area contributed by atoms with E-state index in [1.54, 1.807) is 13.4 Å². The molecule has 3 heterocycles. The molecule has 0 aliphatic carbocycles. The summed E-state index contributed by atoms with van der Waals surface area (Å²) in [4.78, 5) is 17.8. The van der Waals surface area contributed by atoms with Crippen LogP contribution in [0.3, 0.4) is 0 Å². The molecule has 7 nitrogen and oxygen atoms in total. The summed E-state index contributed by atoms with van der Waals surface area (Å²) in [7, 11) is 3.82. The van der Waals surface area contributed by atoms with Crippen molar-refractivity contribution >= 4 is 17.0 Å². The molecule has 2 atom stereocenters. The summed E-state index contributed by atoms with van der Waals surface area (Å²) in [6.45, 7) is 1.85. The van der Waals surface area contributed by atoms with E-state index >= 15 is 0 Å². The molecule has 2 aromatic rings. The molecular formula is C11H16N6O. The summed E-state index contributed by atoms with van der Waals surface area (Å²) >= 11 is 0. The number of nitrogens with one attached hydrogen (secondary N) is 2. The number of ether oxygens (including phenoxy) is 1. The van der Waals surface area contributed by atoms with Crippen molar-refractivity contribution in [3.05, 3.63) is 12.7 Å². The molecule has 0 aromatic carbocycles. The Morgan fingerprint density at radius 3 is 3.11 bits per heavy atom. The third-order valence-corrected chi connectivity index (χ3v) is 3.30. The Bertz CT molecular complexity index is 541. The predicted octanol–water partition coefficient (Wildman–Crippen LogP) is 0.0938. The fourth-order valence-corrected chi connectivity index (χ4v) is 2.39. The van der Waals surface area contributed by atoms with Crippen LogP contribution in [0, 0.1) is 0 Å². The average molecular weight is 248 g/mol. The number of aromatic amines is 1. The van der Waals surface area contributed by atoms with Crippen molar-refractivity contribution in [2.45, 2.75) is 12.1 Å². The van der Waals surface area contributed by atoms with E-state index in [9.17, 15) is 0 Å². The van der Waals surface area contributed by atoms with Crippen LogP contribution >= 0.6 is 0 Å². The van der Waals surface area contributed by atoms with E-state index in [0.29, 0.717) is 5.65 Å². The Morgan fingerprint density at radius 2 is 2.28 bits per heavy atom. The van der Waals surface area contributed by atoms with Gasteiger partial charge in [0.05, 0.1) is 18.5 Å². The van der Waals surface area contributed by atoms with Gasteiger partial charge in [0.2, 0.25) is 0 Å². The number of imidazole rings is 1. The molecule has 0 bridgehead atoms. The number of hydrogen-bond donors (Lipinski definition) is 2. The van der Waals surface area contributed by atoms with Crippen LogP contribution in [0.25, 0.3) is 11.2 Å². The number of likely N-dealkylation sites (tertiary alicyclic amines) is 1. The highest BCUT2D eigenvalue weighted by Crippen LogP contribution is 2.20. The molecule has 7 heteroatoms. The summed E-state index contributed by atoms with van der Waals surface area (Å²) < 4.78 is 5.49. The Morgan fingerprint density at radius 1 is 1.39 bits per heavy atom. The lowest BCUT2D eigenvalue weighted by molar-refractivity contribution is 0.104. The molecule has 0 spiro atoms. The zero-order chi connectivity index (χ0) is 12.5. The third-order valence-electron chi connectivity index (χ3n) is 3.30. The first-order valence-electron chi connectivity index (χ1n) is 5.90. The monoisotopic (exact) mass is 248 g/mol. The lowest BCUT2D eigenvalue weighted by Crippen LogP contribution is -2.34. The van der Waals surface area contributed by atoms with Crippen molar-refractivity contribution in [1.82, 2.24) is 24.8 Å². The standard InChI is InChI=1S/C11H16N6O/c1-17-3-7(8(4-17)18-2)16-11-9-10(13-5-12-9)14-6-15-11/h5-8H,3-4H2,1-2H3,(H2,12,13,14,15,16)/t7-,8-/m0/s1. The van der Waals surface area contributed by atoms with Gasteiger partial charge in [-0.1, -0.05) is 0 Å². The van der Waals surface area contributed by atoms with Gasteiger partial charge in [0, 0.05) is 20.2 Å². The maximum Gasteiger partial charge on any atom is 0.182 e. The van der Waals surface area contributed by atoms with Gasteiger partial charge in [-0.3, -0.25) is 0 Å². The first-order chi connectivity index (χ1) is 8.78. The van der Waals surface area contributed by atoms with E-state index in [-0.39, 0.29) is 12.1 Å². The minimum absolute atomic E-state index is 0.169. The smallest absolute Gasteiger partial charge is 0.182 e. The van der Waals surface area contributed by atoms with Crippen molar-refractivity contribution in [2.75, 3.05) is 32.6 Å². The van der Waals surface area contributed by atoms with Gasteiger partial charge in [0.25, 0.3) is 0 Å². The number of anilines is 1. The molecule has 2 aromatic heterocycles. The minimum Gasteiger partial charge on any atom is -0.378 e. The Labute approximate surface area is 105 Å². The lowest BCUT2D eigenvalue weighted by Gasteiger charge is -2.19. The molecule has 2 N–H and O–H groups in total. The van der Waals surface area contributed by atoms with Crippen molar-refractivity contribution < 1.29 is 4.74 Å². The predicted molar refractivity (Wildman–Crippen MR) is 67.4 cm³/mol. The van der Waals surface area contributed by atoms with Crippen LogP contribution in [-0.2, 0) is 4.74 Å². The summed E-state index contributed by atoms with van der Waals surface area (Å²) in [5.74, 6) is 0.778. The van der Waals surface area contributed by atoms with Crippen LogP contribution in [0.4, 0.5) is 5.82 Å². The molecule has 1 aliphatic heterocycles. The van der Waals surface area contributed by atoms with Crippen LogP contribution in [0.15, 0.2) is 12.7 Å². The second kappa shape index (κ2) is 4.51. The summed E-state index contributed by atoms with van der Waals surface area (Å²) in [6, 6.07) is 0.224.